The first-order valence-electron chi connectivity index (χ1n) is 6.07. The number of sulfone groups is 2. The van der Waals surface area contributed by atoms with Gasteiger partial charge in [0.2, 0.25) is 0 Å². The van der Waals surface area contributed by atoms with Crippen LogP contribution >= 0.6 is 0 Å². The van der Waals surface area contributed by atoms with Gasteiger partial charge in [-0.15, -0.1) is 0 Å². The highest BCUT2D eigenvalue weighted by Gasteiger charge is 2.29. The van der Waals surface area contributed by atoms with E-state index in [-0.39, 0.29) is 11.5 Å². The Balaban J connectivity index is 2.23. The third kappa shape index (κ3) is 3.76. The summed E-state index contributed by atoms with van der Waals surface area (Å²) in [5.74, 6) is -3.00. The lowest BCUT2D eigenvalue weighted by Crippen LogP contribution is -2.30. The molecule has 8 heteroatoms. The Hall–Kier alpha value is -1.02. The Kier molecular flexibility index (Phi) is 4.15. The van der Waals surface area contributed by atoms with E-state index in [0.717, 1.165) is 12.1 Å². The molecule has 1 fully saturated rings. The molecule has 20 heavy (non-hydrogen) atoms. The number of benzene rings is 1. The van der Waals surface area contributed by atoms with Crippen LogP contribution in [0.2, 0.25) is 0 Å². The average molecular weight is 324 g/mol. The van der Waals surface area contributed by atoms with Crippen LogP contribution in [0, 0.1) is 17.6 Å². The van der Waals surface area contributed by atoms with Gasteiger partial charge in [-0.25, -0.2) is 25.6 Å². The predicted molar refractivity (Wildman–Crippen MR) is 69.8 cm³/mol. The molecule has 1 aliphatic heterocycles. The summed E-state index contributed by atoms with van der Waals surface area (Å²) >= 11 is 0. The molecular weight excluding hydrogens is 310 g/mol. The van der Waals surface area contributed by atoms with Gasteiger partial charge >= 0.3 is 0 Å². The number of rotatable bonds is 3. The van der Waals surface area contributed by atoms with Crippen molar-refractivity contribution in [2.75, 3.05) is 17.3 Å². The second-order valence-electron chi connectivity index (χ2n) is 5.01. The van der Waals surface area contributed by atoms with Crippen molar-refractivity contribution in [3.05, 3.63) is 29.8 Å². The molecular formula is C12H14F2O4S2. The third-order valence-electron chi connectivity index (χ3n) is 3.21. The van der Waals surface area contributed by atoms with Crippen LogP contribution in [0.1, 0.15) is 12.8 Å². The minimum Gasteiger partial charge on any atom is -0.229 e. The zero-order chi connectivity index (χ0) is 15.0. The van der Waals surface area contributed by atoms with Gasteiger partial charge in [0.1, 0.15) is 11.6 Å². The van der Waals surface area contributed by atoms with Gasteiger partial charge in [0, 0.05) is 6.07 Å². The molecule has 1 atom stereocenters. The first-order valence-corrected chi connectivity index (χ1v) is 9.55. The van der Waals surface area contributed by atoms with E-state index in [9.17, 15) is 25.6 Å². The van der Waals surface area contributed by atoms with E-state index in [1.54, 1.807) is 0 Å². The highest BCUT2D eigenvalue weighted by Crippen LogP contribution is 2.24. The summed E-state index contributed by atoms with van der Waals surface area (Å²) in [7, 11) is -7.11. The third-order valence-corrected chi connectivity index (χ3v) is 6.96. The van der Waals surface area contributed by atoms with Gasteiger partial charge in [-0.1, -0.05) is 0 Å². The van der Waals surface area contributed by atoms with E-state index in [2.05, 4.69) is 0 Å². The average Bonchev–Trinajstić information content (AvgIpc) is 2.25. The molecule has 1 aromatic carbocycles. The lowest BCUT2D eigenvalue weighted by molar-refractivity contribution is 0.507. The second-order valence-corrected chi connectivity index (χ2v) is 9.27. The highest BCUT2D eigenvalue weighted by atomic mass is 32.2. The summed E-state index contributed by atoms with van der Waals surface area (Å²) in [6, 6.07) is 2.08. The topological polar surface area (TPSA) is 68.3 Å². The van der Waals surface area contributed by atoms with E-state index in [1.165, 1.54) is 0 Å². The summed E-state index contributed by atoms with van der Waals surface area (Å²) in [4.78, 5) is -0.446. The van der Waals surface area contributed by atoms with Crippen molar-refractivity contribution in [1.82, 2.24) is 0 Å². The van der Waals surface area contributed by atoms with Crippen molar-refractivity contribution < 1.29 is 25.6 Å². The molecule has 1 unspecified atom stereocenters. The van der Waals surface area contributed by atoms with Crippen molar-refractivity contribution >= 4 is 19.7 Å². The van der Waals surface area contributed by atoms with Gasteiger partial charge in [-0.3, -0.25) is 0 Å². The Morgan fingerprint density at radius 3 is 2.30 bits per heavy atom. The molecule has 0 aliphatic carbocycles. The molecule has 0 saturated carbocycles. The van der Waals surface area contributed by atoms with Crippen LogP contribution in [-0.2, 0) is 19.7 Å². The van der Waals surface area contributed by atoms with Crippen LogP contribution in [0.4, 0.5) is 8.78 Å². The fourth-order valence-corrected chi connectivity index (χ4v) is 5.97. The fourth-order valence-electron chi connectivity index (χ4n) is 2.36. The van der Waals surface area contributed by atoms with Crippen LogP contribution in [-0.4, -0.2) is 34.1 Å². The van der Waals surface area contributed by atoms with Crippen molar-refractivity contribution in [1.29, 1.82) is 0 Å². The number of hydrogen-bond donors (Lipinski definition) is 0. The Morgan fingerprint density at radius 2 is 1.75 bits per heavy atom. The Bertz CT molecular complexity index is 691. The first kappa shape index (κ1) is 15.4. The maximum Gasteiger partial charge on any atom is 0.178 e. The van der Waals surface area contributed by atoms with Gasteiger partial charge in [0.15, 0.2) is 19.7 Å². The van der Waals surface area contributed by atoms with Gasteiger partial charge < -0.3 is 0 Å². The summed E-state index contributed by atoms with van der Waals surface area (Å²) in [5, 5.41) is 0. The van der Waals surface area contributed by atoms with Gasteiger partial charge in [-0.2, -0.15) is 0 Å². The largest absolute Gasteiger partial charge is 0.229 e. The van der Waals surface area contributed by atoms with Crippen LogP contribution in [0.5, 0.6) is 0 Å². The summed E-state index contributed by atoms with van der Waals surface area (Å²) in [5.41, 5.74) is 0. The Labute approximate surface area is 116 Å². The molecule has 1 saturated heterocycles. The van der Waals surface area contributed by atoms with Crippen LogP contribution in [0.15, 0.2) is 23.1 Å². The summed E-state index contributed by atoms with van der Waals surface area (Å²) in [6.07, 6.45) is 0.899. The van der Waals surface area contributed by atoms with Crippen LogP contribution < -0.4 is 0 Å². The minimum atomic E-state index is -3.90. The molecule has 0 radical (unpaired) electrons. The van der Waals surface area contributed by atoms with E-state index in [4.69, 9.17) is 0 Å². The second kappa shape index (κ2) is 5.40. The summed E-state index contributed by atoms with van der Waals surface area (Å²) in [6.45, 7) is 0. The molecule has 0 aromatic heterocycles. The number of halogens is 2. The molecule has 2 rings (SSSR count). The number of hydrogen-bond acceptors (Lipinski definition) is 4. The molecule has 1 aliphatic rings. The molecule has 112 valence electrons. The monoisotopic (exact) mass is 324 g/mol. The molecule has 0 amide bonds. The lowest BCUT2D eigenvalue weighted by Gasteiger charge is -2.21. The smallest absolute Gasteiger partial charge is 0.178 e. The predicted octanol–water partition coefficient (Wildman–Crippen LogP) is 1.56. The van der Waals surface area contributed by atoms with Crippen LogP contribution in [0.3, 0.4) is 0 Å². The van der Waals surface area contributed by atoms with E-state index >= 15 is 0 Å². The standard InChI is InChI=1S/C12H14F2O4S2/c13-10-4-11(14)6-12(5-10)20(17,18)8-9-2-1-3-19(15,16)7-9/h4-6,9H,1-3,7-8H2. The van der Waals surface area contributed by atoms with Crippen molar-refractivity contribution in [3.8, 4) is 0 Å². The van der Waals surface area contributed by atoms with E-state index in [1.807, 2.05) is 0 Å². The SMILES string of the molecule is O=S1(=O)CCCC(CS(=O)(=O)c2cc(F)cc(F)c2)C1. The quantitative estimate of drug-likeness (QED) is 0.846. The zero-order valence-corrected chi connectivity index (χ0v) is 12.2. The van der Waals surface area contributed by atoms with Crippen molar-refractivity contribution in [3.63, 3.8) is 0 Å². The molecule has 0 spiro atoms. The normalized spacial score (nSPS) is 22.6. The van der Waals surface area contributed by atoms with Crippen LogP contribution in [0.25, 0.3) is 0 Å². The Morgan fingerprint density at radius 1 is 1.15 bits per heavy atom. The molecule has 0 bridgehead atoms. The van der Waals surface area contributed by atoms with E-state index < -0.39 is 47.9 Å². The maximum absolute atomic E-state index is 13.1. The summed E-state index contributed by atoms with van der Waals surface area (Å²) < 4.78 is 73.2. The van der Waals surface area contributed by atoms with Crippen molar-refractivity contribution in [2.24, 2.45) is 5.92 Å². The van der Waals surface area contributed by atoms with E-state index in [0.29, 0.717) is 18.9 Å². The molecule has 1 heterocycles. The molecule has 1 aromatic rings. The fraction of sp³-hybridized carbons (Fsp3) is 0.500. The van der Waals surface area contributed by atoms with Crippen molar-refractivity contribution in [2.45, 2.75) is 17.7 Å². The minimum absolute atomic E-state index is 0.0676. The first-order chi connectivity index (χ1) is 9.18. The van der Waals surface area contributed by atoms with Gasteiger partial charge in [0.05, 0.1) is 22.2 Å². The zero-order valence-electron chi connectivity index (χ0n) is 10.6. The lowest BCUT2D eigenvalue weighted by atomic mass is 10.1. The maximum atomic E-state index is 13.1. The van der Waals surface area contributed by atoms with Gasteiger partial charge in [-0.05, 0) is 30.9 Å². The highest BCUT2D eigenvalue weighted by molar-refractivity contribution is 7.92. The molecule has 0 N–H and O–H groups in total. The molecule has 4 nitrogen and oxygen atoms in total. The van der Waals surface area contributed by atoms with Gasteiger partial charge in [0.25, 0.3) is 0 Å².